The van der Waals surface area contributed by atoms with E-state index in [-0.39, 0.29) is 17.9 Å². The van der Waals surface area contributed by atoms with Crippen LogP contribution in [0.1, 0.15) is 24.4 Å². The van der Waals surface area contributed by atoms with E-state index in [2.05, 4.69) is 27.5 Å². The van der Waals surface area contributed by atoms with E-state index in [0.29, 0.717) is 6.54 Å². The van der Waals surface area contributed by atoms with Gasteiger partial charge in [-0.2, -0.15) is 0 Å². The van der Waals surface area contributed by atoms with Crippen molar-refractivity contribution in [2.75, 3.05) is 39.8 Å². The number of hydrogen-bond acceptors (Lipinski definition) is 4. The third-order valence-corrected chi connectivity index (χ3v) is 4.81. The van der Waals surface area contributed by atoms with Gasteiger partial charge in [0.15, 0.2) is 0 Å². The van der Waals surface area contributed by atoms with Gasteiger partial charge in [-0.3, -0.25) is 14.5 Å². The lowest BCUT2D eigenvalue weighted by molar-refractivity contribution is -0.139. The number of carbonyl (C=O) groups excluding carboxylic acids is 2. The average Bonchev–Trinajstić information content (AvgIpc) is 3.41. The van der Waals surface area contributed by atoms with E-state index < -0.39 is 11.8 Å². The fraction of sp³-hybridized carbons (Fsp3) is 0.556. The molecule has 1 aromatic carbocycles. The van der Waals surface area contributed by atoms with E-state index >= 15 is 0 Å². The van der Waals surface area contributed by atoms with Crippen molar-refractivity contribution in [3.8, 4) is 0 Å². The second kappa shape index (κ2) is 7.93. The molecule has 25 heavy (non-hydrogen) atoms. The lowest BCUT2D eigenvalue weighted by Crippen LogP contribution is -2.49. The molecule has 1 saturated carbocycles. The molecule has 1 heterocycles. The van der Waals surface area contributed by atoms with Crippen LogP contribution >= 0.6 is 0 Å². The smallest absolute Gasteiger partial charge is 0.309 e. The van der Waals surface area contributed by atoms with Crippen LogP contribution in [-0.4, -0.2) is 67.4 Å². The molecule has 0 spiro atoms. The predicted molar refractivity (Wildman–Crippen MR) is 92.4 cm³/mol. The first-order valence-corrected chi connectivity index (χ1v) is 8.79. The van der Waals surface area contributed by atoms with Crippen LogP contribution in [0.3, 0.4) is 0 Å². The summed E-state index contributed by atoms with van der Waals surface area (Å²) in [5.41, 5.74) is 0.939. The number of rotatable bonds is 5. The number of piperazine rings is 1. The normalized spacial score (nSPS) is 20.1. The predicted octanol–water partition coefficient (Wildman–Crippen LogP) is 0.509. The highest BCUT2D eigenvalue weighted by Crippen LogP contribution is 2.22. The van der Waals surface area contributed by atoms with Gasteiger partial charge in [-0.05, 0) is 37.6 Å². The Labute approximate surface area is 147 Å². The fourth-order valence-electron chi connectivity index (χ4n) is 3.02. The summed E-state index contributed by atoms with van der Waals surface area (Å²) in [6, 6.07) is 6.43. The molecule has 1 atom stereocenters. The van der Waals surface area contributed by atoms with E-state index in [1.165, 1.54) is 12.1 Å². The van der Waals surface area contributed by atoms with Crippen molar-refractivity contribution in [1.82, 2.24) is 20.4 Å². The highest BCUT2D eigenvalue weighted by molar-refractivity contribution is 6.35. The lowest BCUT2D eigenvalue weighted by atomic mass is 10.0. The third-order valence-electron chi connectivity index (χ3n) is 4.81. The molecule has 136 valence electrons. The number of hydrogen-bond donors (Lipinski definition) is 2. The number of halogens is 1. The Morgan fingerprint density at radius 2 is 1.76 bits per heavy atom. The Kier molecular flexibility index (Phi) is 5.65. The van der Waals surface area contributed by atoms with Gasteiger partial charge < -0.3 is 15.5 Å². The minimum Gasteiger partial charge on any atom is -0.346 e. The Morgan fingerprint density at radius 1 is 1.12 bits per heavy atom. The number of likely N-dealkylation sites (N-methyl/N-ethyl adjacent to an activating group) is 1. The maximum atomic E-state index is 13.2. The van der Waals surface area contributed by atoms with E-state index in [0.717, 1.165) is 44.6 Å². The van der Waals surface area contributed by atoms with Gasteiger partial charge in [-0.25, -0.2) is 4.39 Å². The van der Waals surface area contributed by atoms with Crippen LogP contribution in [0.15, 0.2) is 24.3 Å². The van der Waals surface area contributed by atoms with Gasteiger partial charge in [0.2, 0.25) is 0 Å². The van der Waals surface area contributed by atoms with Gasteiger partial charge >= 0.3 is 11.8 Å². The molecule has 3 rings (SSSR count). The number of nitrogens with one attached hydrogen (secondary N) is 2. The zero-order valence-corrected chi connectivity index (χ0v) is 14.5. The largest absolute Gasteiger partial charge is 0.346 e. The first-order valence-electron chi connectivity index (χ1n) is 8.79. The van der Waals surface area contributed by atoms with Crippen LogP contribution in [0.5, 0.6) is 0 Å². The van der Waals surface area contributed by atoms with Gasteiger partial charge in [-0.15, -0.1) is 0 Å². The van der Waals surface area contributed by atoms with Crippen LogP contribution in [0, 0.1) is 5.82 Å². The minimum absolute atomic E-state index is 0.0769. The van der Waals surface area contributed by atoms with E-state index in [1.54, 1.807) is 12.1 Å². The summed E-state index contributed by atoms with van der Waals surface area (Å²) in [6.45, 7) is 3.93. The molecular weight excluding hydrogens is 323 g/mol. The van der Waals surface area contributed by atoms with Crippen molar-refractivity contribution in [2.24, 2.45) is 0 Å². The van der Waals surface area contributed by atoms with Crippen LogP contribution < -0.4 is 10.6 Å². The molecule has 1 aliphatic heterocycles. The van der Waals surface area contributed by atoms with Crippen LogP contribution in [0.2, 0.25) is 0 Å². The van der Waals surface area contributed by atoms with Crippen LogP contribution in [-0.2, 0) is 9.59 Å². The number of amides is 2. The first kappa shape index (κ1) is 17.8. The second-order valence-electron chi connectivity index (χ2n) is 6.86. The molecule has 1 aliphatic carbocycles. The summed E-state index contributed by atoms with van der Waals surface area (Å²) in [6.07, 6.45) is 1.89. The Hall–Kier alpha value is -1.99. The highest BCUT2D eigenvalue weighted by atomic mass is 19.1. The van der Waals surface area contributed by atoms with Crippen molar-refractivity contribution in [2.45, 2.75) is 24.9 Å². The van der Waals surface area contributed by atoms with Crippen molar-refractivity contribution in [3.63, 3.8) is 0 Å². The molecule has 2 aliphatic rings. The van der Waals surface area contributed by atoms with Crippen LogP contribution in [0.4, 0.5) is 4.39 Å². The van der Waals surface area contributed by atoms with E-state index in [9.17, 15) is 14.0 Å². The van der Waals surface area contributed by atoms with Gasteiger partial charge in [0.05, 0.1) is 6.04 Å². The molecule has 2 N–H and O–H groups in total. The molecule has 0 unspecified atom stereocenters. The van der Waals surface area contributed by atoms with E-state index in [4.69, 9.17) is 0 Å². The Bertz CT molecular complexity index is 610. The van der Waals surface area contributed by atoms with Crippen molar-refractivity contribution in [3.05, 3.63) is 35.6 Å². The number of nitrogens with zero attached hydrogens (tertiary/aromatic N) is 2. The maximum absolute atomic E-state index is 13.2. The third kappa shape index (κ3) is 4.99. The summed E-state index contributed by atoms with van der Waals surface area (Å²) < 4.78 is 13.2. The first-order chi connectivity index (χ1) is 12.0. The molecule has 2 amide bonds. The molecule has 7 heteroatoms. The molecule has 0 bridgehead atoms. The van der Waals surface area contributed by atoms with Crippen molar-refractivity contribution < 1.29 is 14.0 Å². The summed E-state index contributed by atoms with van der Waals surface area (Å²) in [4.78, 5) is 28.4. The minimum atomic E-state index is -0.604. The van der Waals surface area contributed by atoms with Gasteiger partial charge in [0.1, 0.15) is 5.82 Å². The van der Waals surface area contributed by atoms with Gasteiger partial charge in [0.25, 0.3) is 0 Å². The molecule has 1 aromatic rings. The summed E-state index contributed by atoms with van der Waals surface area (Å²) >= 11 is 0. The molecular formula is C18H25FN4O2. The fourth-order valence-corrected chi connectivity index (χ4v) is 3.02. The topological polar surface area (TPSA) is 64.7 Å². The van der Waals surface area contributed by atoms with Gasteiger partial charge in [-0.1, -0.05) is 12.1 Å². The zero-order valence-electron chi connectivity index (χ0n) is 14.5. The number of carbonyl (C=O) groups is 2. The lowest BCUT2D eigenvalue weighted by Gasteiger charge is -2.38. The molecule has 0 radical (unpaired) electrons. The SMILES string of the molecule is CN1CCN([C@@H](CNC(=O)C(=O)NC2CC2)c2ccc(F)cc2)CC1. The molecule has 0 aromatic heterocycles. The van der Waals surface area contributed by atoms with Crippen molar-refractivity contribution >= 4 is 11.8 Å². The average molecular weight is 348 g/mol. The molecule has 6 nitrogen and oxygen atoms in total. The number of benzene rings is 1. The summed E-state index contributed by atoms with van der Waals surface area (Å²) in [7, 11) is 2.08. The maximum Gasteiger partial charge on any atom is 0.309 e. The molecule has 2 fully saturated rings. The Morgan fingerprint density at radius 3 is 2.36 bits per heavy atom. The van der Waals surface area contributed by atoms with E-state index in [1.807, 2.05) is 0 Å². The quantitative estimate of drug-likeness (QED) is 0.761. The zero-order chi connectivity index (χ0) is 17.8. The van der Waals surface area contributed by atoms with Crippen molar-refractivity contribution in [1.29, 1.82) is 0 Å². The Balaban J connectivity index is 1.64. The second-order valence-corrected chi connectivity index (χ2v) is 6.86. The highest BCUT2D eigenvalue weighted by Gasteiger charge is 2.28. The monoisotopic (exact) mass is 348 g/mol. The summed E-state index contributed by atoms with van der Waals surface area (Å²) in [5.74, 6) is -1.46. The van der Waals surface area contributed by atoms with Gasteiger partial charge in [0, 0.05) is 38.8 Å². The molecule has 1 saturated heterocycles. The standard InChI is InChI=1S/C18H25FN4O2/c1-22-8-10-23(11-9-22)16(13-2-4-14(19)5-3-13)12-20-17(24)18(25)21-15-6-7-15/h2-5,15-16H,6-12H2,1H3,(H,20,24)(H,21,25)/t16-/m0/s1. The summed E-state index contributed by atoms with van der Waals surface area (Å²) in [5, 5.41) is 5.43. The van der Waals surface area contributed by atoms with Crippen LogP contribution in [0.25, 0.3) is 0 Å².